The standard InChI is InChI=1S/C36H38N2O6/c1-37-11-9-21-15-29(39)31(42-3)19-25(21)27(37)13-20-5-7-24(8-6-20)44-32-17-23-14-28-34-22(10-12-38(28)2)16-33(43-4)36(41)35(34)26(23)18-30(32)40/h5-8,15-19,27-28,39-41H,9-14H2,1-4H3/t27-,28+/m0/s1. The van der Waals surface area contributed by atoms with Crippen LogP contribution in [0.5, 0.6) is 40.2 Å². The van der Waals surface area contributed by atoms with Crippen molar-refractivity contribution >= 4 is 0 Å². The molecule has 0 spiro atoms. The molecule has 0 aromatic heterocycles. The fraction of sp³-hybridized carbons (Fsp3) is 0.333. The summed E-state index contributed by atoms with van der Waals surface area (Å²) >= 11 is 0. The van der Waals surface area contributed by atoms with Gasteiger partial charge in [-0.3, -0.25) is 9.80 Å². The number of likely N-dealkylation sites (N-methyl/N-ethyl adjacent to an activating group) is 2. The number of ether oxygens (including phenoxy) is 3. The molecule has 0 bridgehead atoms. The Morgan fingerprint density at radius 1 is 0.750 bits per heavy atom. The van der Waals surface area contributed by atoms with Crippen molar-refractivity contribution in [3.05, 3.63) is 88.0 Å². The number of nitrogens with zero attached hydrogens (tertiary/aromatic N) is 2. The van der Waals surface area contributed by atoms with E-state index in [0.717, 1.165) is 72.2 Å². The van der Waals surface area contributed by atoms with Crippen LogP contribution >= 0.6 is 0 Å². The molecule has 2 heterocycles. The lowest BCUT2D eigenvalue weighted by molar-refractivity contribution is 0.226. The molecule has 8 nitrogen and oxygen atoms in total. The first-order valence-corrected chi connectivity index (χ1v) is 15.1. The van der Waals surface area contributed by atoms with Gasteiger partial charge in [0, 0.05) is 30.7 Å². The summed E-state index contributed by atoms with van der Waals surface area (Å²) < 4.78 is 17.1. The predicted octanol–water partition coefficient (Wildman–Crippen LogP) is 6.14. The van der Waals surface area contributed by atoms with Gasteiger partial charge < -0.3 is 29.5 Å². The Hall–Kier alpha value is -4.40. The van der Waals surface area contributed by atoms with Crippen LogP contribution in [0.25, 0.3) is 11.1 Å². The first-order chi connectivity index (χ1) is 21.2. The van der Waals surface area contributed by atoms with E-state index < -0.39 is 0 Å². The zero-order chi connectivity index (χ0) is 30.7. The Morgan fingerprint density at radius 3 is 2.18 bits per heavy atom. The third-order valence-corrected chi connectivity index (χ3v) is 9.72. The molecule has 0 radical (unpaired) electrons. The van der Waals surface area contributed by atoms with Crippen molar-refractivity contribution in [3.63, 3.8) is 0 Å². The highest BCUT2D eigenvalue weighted by Gasteiger charge is 2.36. The third-order valence-electron chi connectivity index (χ3n) is 9.72. The molecule has 3 N–H and O–H groups in total. The molecule has 2 atom stereocenters. The van der Waals surface area contributed by atoms with Crippen molar-refractivity contribution in [3.8, 4) is 51.4 Å². The minimum Gasteiger partial charge on any atom is -0.504 e. The van der Waals surface area contributed by atoms with Crippen LogP contribution in [0.3, 0.4) is 0 Å². The highest BCUT2D eigenvalue weighted by atomic mass is 16.5. The normalized spacial score (nSPS) is 19.1. The summed E-state index contributed by atoms with van der Waals surface area (Å²) in [6.45, 7) is 1.83. The predicted molar refractivity (Wildman–Crippen MR) is 168 cm³/mol. The smallest absolute Gasteiger partial charge is 0.169 e. The summed E-state index contributed by atoms with van der Waals surface area (Å²) in [4.78, 5) is 4.67. The number of hydrogen-bond donors (Lipinski definition) is 3. The molecule has 4 aromatic carbocycles. The zero-order valence-corrected chi connectivity index (χ0v) is 25.6. The lowest BCUT2D eigenvalue weighted by atomic mass is 9.76. The molecule has 3 aliphatic rings. The fourth-order valence-electron chi connectivity index (χ4n) is 7.28. The molecular weight excluding hydrogens is 556 g/mol. The number of hydrogen-bond acceptors (Lipinski definition) is 8. The Labute approximate surface area is 257 Å². The number of rotatable bonds is 6. The van der Waals surface area contributed by atoms with Gasteiger partial charge in [-0.25, -0.2) is 0 Å². The van der Waals surface area contributed by atoms with Gasteiger partial charge in [0.25, 0.3) is 0 Å². The van der Waals surface area contributed by atoms with Gasteiger partial charge >= 0.3 is 0 Å². The number of aromatic hydroxyl groups is 3. The van der Waals surface area contributed by atoms with Crippen LogP contribution in [0.1, 0.15) is 45.5 Å². The van der Waals surface area contributed by atoms with Crippen LogP contribution in [-0.4, -0.2) is 66.5 Å². The van der Waals surface area contributed by atoms with Gasteiger partial charge in [-0.15, -0.1) is 0 Å². The number of fused-ring (bicyclic) bond motifs is 3. The maximum absolute atomic E-state index is 11.2. The highest BCUT2D eigenvalue weighted by molar-refractivity contribution is 5.84. The maximum atomic E-state index is 11.2. The minimum atomic E-state index is 0.0176. The summed E-state index contributed by atoms with van der Waals surface area (Å²) in [6.07, 6.45) is 3.32. The van der Waals surface area contributed by atoms with E-state index in [4.69, 9.17) is 14.2 Å². The van der Waals surface area contributed by atoms with Gasteiger partial charge in [0.1, 0.15) is 5.75 Å². The summed E-state index contributed by atoms with van der Waals surface area (Å²) in [6, 6.07) is 17.6. The Kier molecular flexibility index (Phi) is 7.06. The molecule has 0 saturated carbocycles. The zero-order valence-electron chi connectivity index (χ0n) is 25.6. The number of benzene rings is 4. The van der Waals surface area contributed by atoms with Gasteiger partial charge in [0.15, 0.2) is 34.5 Å². The summed E-state index contributed by atoms with van der Waals surface area (Å²) in [5, 5.41) is 32.6. The number of phenolic OH excluding ortho intramolecular Hbond substituents is 3. The van der Waals surface area contributed by atoms with E-state index in [1.165, 1.54) is 11.1 Å². The molecule has 0 unspecified atom stereocenters. The molecule has 7 rings (SSSR count). The van der Waals surface area contributed by atoms with Crippen LogP contribution in [0, 0.1) is 0 Å². The monoisotopic (exact) mass is 594 g/mol. The van der Waals surface area contributed by atoms with Crippen molar-refractivity contribution in [1.29, 1.82) is 0 Å². The van der Waals surface area contributed by atoms with Gasteiger partial charge in [-0.1, -0.05) is 12.1 Å². The van der Waals surface area contributed by atoms with Crippen LogP contribution < -0.4 is 14.2 Å². The average Bonchev–Trinajstić information content (AvgIpc) is 3.02. The van der Waals surface area contributed by atoms with E-state index in [9.17, 15) is 15.3 Å². The van der Waals surface area contributed by atoms with Gasteiger partial charge in [-0.2, -0.15) is 0 Å². The molecule has 228 valence electrons. The van der Waals surface area contributed by atoms with E-state index in [1.54, 1.807) is 20.3 Å². The van der Waals surface area contributed by atoms with Crippen molar-refractivity contribution in [2.75, 3.05) is 41.4 Å². The van der Waals surface area contributed by atoms with E-state index in [0.29, 0.717) is 23.0 Å². The molecule has 44 heavy (non-hydrogen) atoms. The molecule has 0 fully saturated rings. The Morgan fingerprint density at radius 2 is 1.43 bits per heavy atom. The lowest BCUT2D eigenvalue weighted by Crippen LogP contribution is -2.35. The molecule has 1 aliphatic carbocycles. The molecular formula is C36H38N2O6. The van der Waals surface area contributed by atoms with E-state index >= 15 is 0 Å². The first-order valence-electron chi connectivity index (χ1n) is 15.1. The molecule has 8 heteroatoms. The Balaban J connectivity index is 1.16. The molecule has 2 aliphatic heterocycles. The van der Waals surface area contributed by atoms with E-state index in [-0.39, 0.29) is 29.3 Å². The fourth-order valence-corrected chi connectivity index (χ4v) is 7.28. The first kappa shape index (κ1) is 28.4. The highest BCUT2D eigenvalue weighted by Crippen LogP contribution is 2.53. The van der Waals surface area contributed by atoms with Crippen molar-refractivity contribution in [2.24, 2.45) is 0 Å². The van der Waals surface area contributed by atoms with Gasteiger partial charge in [0.05, 0.1) is 14.2 Å². The van der Waals surface area contributed by atoms with Crippen LogP contribution in [-0.2, 0) is 25.7 Å². The van der Waals surface area contributed by atoms with Crippen LogP contribution in [0.15, 0.2) is 54.6 Å². The quantitative estimate of drug-likeness (QED) is 0.245. The minimum absolute atomic E-state index is 0.0176. The summed E-state index contributed by atoms with van der Waals surface area (Å²) in [7, 11) is 7.39. The topological polar surface area (TPSA) is 94.9 Å². The second-order valence-electron chi connectivity index (χ2n) is 12.2. The van der Waals surface area contributed by atoms with Gasteiger partial charge in [-0.05, 0) is 121 Å². The number of phenols is 3. The van der Waals surface area contributed by atoms with Crippen LogP contribution in [0.2, 0.25) is 0 Å². The van der Waals surface area contributed by atoms with Gasteiger partial charge in [0.2, 0.25) is 0 Å². The second kappa shape index (κ2) is 10.9. The van der Waals surface area contributed by atoms with E-state index in [2.05, 4.69) is 36.0 Å². The third kappa shape index (κ3) is 4.69. The largest absolute Gasteiger partial charge is 0.504 e. The van der Waals surface area contributed by atoms with E-state index in [1.807, 2.05) is 36.4 Å². The van der Waals surface area contributed by atoms with Crippen molar-refractivity contribution in [2.45, 2.75) is 37.8 Å². The Bertz CT molecular complexity index is 1750. The summed E-state index contributed by atoms with van der Waals surface area (Å²) in [5.41, 5.74) is 8.35. The summed E-state index contributed by atoms with van der Waals surface area (Å²) in [5.74, 6) is 2.26. The maximum Gasteiger partial charge on any atom is 0.169 e. The second-order valence-corrected chi connectivity index (χ2v) is 12.2. The van der Waals surface area contributed by atoms with Crippen molar-refractivity contribution in [1.82, 2.24) is 9.80 Å². The molecule has 4 aromatic rings. The average molecular weight is 595 g/mol. The molecule has 0 amide bonds. The SMILES string of the molecule is COc1cc2c(cc1O)CCN(C)[C@H]2Cc1ccc(Oc2cc3c(cc2O)-c2c(O)c(OC)cc4c2[C@@H](C3)N(C)CC4)cc1. The lowest BCUT2D eigenvalue weighted by Gasteiger charge is -2.40. The molecule has 0 saturated heterocycles. The van der Waals surface area contributed by atoms with Crippen LogP contribution in [0.4, 0.5) is 0 Å². The van der Waals surface area contributed by atoms with Crippen molar-refractivity contribution < 1.29 is 29.5 Å². The number of methoxy groups -OCH3 is 2.